The van der Waals surface area contributed by atoms with Gasteiger partial charge in [-0.05, 0) is 35.1 Å². The summed E-state index contributed by atoms with van der Waals surface area (Å²) < 4.78 is 0. The van der Waals surface area contributed by atoms with Crippen molar-refractivity contribution in [3.8, 4) is 11.8 Å². The Morgan fingerprint density at radius 3 is 2.38 bits per heavy atom. The monoisotopic (exact) mass is 390 g/mol. The number of hydrogen-bond acceptors (Lipinski definition) is 5. The van der Waals surface area contributed by atoms with Gasteiger partial charge in [0.05, 0.1) is 10.6 Å². The Labute approximate surface area is 172 Å². The maximum Gasteiger partial charge on any atom is 0.311 e. The molecule has 2 aromatic rings. The van der Waals surface area contributed by atoms with Crippen LogP contribution in [0.4, 0.5) is 11.5 Å². The number of nitro groups is 1. The van der Waals surface area contributed by atoms with Crippen molar-refractivity contribution in [3.63, 3.8) is 0 Å². The number of hydrogen-bond donors (Lipinski definition) is 0. The molecular weight excluding hydrogens is 364 g/mol. The molecule has 0 radical (unpaired) electrons. The van der Waals surface area contributed by atoms with Gasteiger partial charge < -0.3 is 9.80 Å². The van der Waals surface area contributed by atoms with Gasteiger partial charge in [-0.2, -0.15) is 0 Å². The number of allylic oxidation sites excluding steroid dienone is 1. The first kappa shape index (κ1) is 20.4. The maximum absolute atomic E-state index is 11.2. The zero-order valence-electron chi connectivity index (χ0n) is 17.2. The van der Waals surface area contributed by atoms with E-state index in [4.69, 9.17) is 0 Å². The van der Waals surface area contributed by atoms with Crippen molar-refractivity contribution >= 4 is 11.5 Å². The molecule has 1 aliphatic rings. The number of nitrogens with zero attached hydrogens (tertiary/aromatic N) is 4. The fourth-order valence-electron chi connectivity index (χ4n) is 3.24. The van der Waals surface area contributed by atoms with Crippen LogP contribution in [0.1, 0.15) is 31.9 Å². The third-order valence-corrected chi connectivity index (χ3v) is 5.03. The second kappa shape index (κ2) is 8.36. The van der Waals surface area contributed by atoms with E-state index < -0.39 is 0 Å². The highest BCUT2D eigenvalue weighted by atomic mass is 16.6. The van der Waals surface area contributed by atoms with Crippen LogP contribution >= 0.6 is 0 Å². The van der Waals surface area contributed by atoms with E-state index in [2.05, 4.69) is 61.2 Å². The zero-order valence-corrected chi connectivity index (χ0v) is 17.2. The van der Waals surface area contributed by atoms with Gasteiger partial charge in [-0.3, -0.25) is 10.1 Å². The van der Waals surface area contributed by atoms with E-state index >= 15 is 0 Å². The molecule has 1 aromatic carbocycles. The highest BCUT2D eigenvalue weighted by molar-refractivity contribution is 5.57. The minimum atomic E-state index is -0.385. The van der Waals surface area contributed by atoms with E-state index in [1.165, 1.54) is 11.6 Å². The summed E-state index contributed by atoms with van der Waals surface area (Å²) >= 11 is 0. The van der Waals surface area contributed by atoms with Gasteiger partial charge in [-0.25, -0.2) is 4.98 Å². The van der Waals surface area contributed by atoms with Crippen LogP contribution in [0, 0.1) is 22.0 Å². The summed E-state index contributed by atoms with van der Waals surface area (Å²) in [5.74, 6) is 6.75. The summed E-state index contributed by atoms with van der Waals surface area (Å²) in [6.45, 7) is 13.3. The SMILES string of the molecule is C=C(C#Cc1ccc(C(C)(C)C)cc1)N1CCN(c2ncccc2[N+](=O)[O-])CC1. The predicted molar refractivity (Wildman–Crippen MR) is 116 cm³/mol. The van der Waals surface area contributed by atoms with E-state index in [1.807, 2.05) is 17.0 Å². The lowest BCUT2D eigenvalue weighted by molar-refractivity contribution is -0.384. The smallest absolute Gasteiger partial charge is 0.311 e. The molecule has 150 valence electrons. The van der Waals surface area contributed by atoms with E-state index in [1.54, 1.807) is 12.3 Å². The van der Waals surface area contributed by atoms with Gasteiger partial charge >= 0.3 is 5.69 Å². The minimum Gasteiger partial charge on any atom is -0.362 e. The number of rotatable bonds is 3. The largest absolute Gasteiger partial charge is 0.362 e. The summed E-state index contributed by atoms with van der Waals surface area (Å²) in [4.78, 5) is 19.1. The molecule has 1 aromatic heterocycles. The molecule has 0 bridgehead atoms. The van der Waals surface area contributed by atoms with Crippen LogP contribution in [-0.2, 0) is 5.41 Å². The number of pyridine rings is 1. The van der Waals surface area contributed by atoms with Crippen molar-refractivity contribution < 1.29 is 4.92 Å². The van der Waals surface area contributed by atoms with Crippen LogP contribution in [0.3, 0.4) is 0 Å². The van der Waals surface area contributed by atoms with E-state index in [0.717, 1.165) is 11.3 Å². The molecule has 0 saturated carbocycles. The number of piperazine rings is 1. The number of benzene rings is 1. The van der Waals surface area contributed by atoms with Crippen LogP contribution in [0.25, 0.3) is 0 Å². The van der Waals surface area contributed by atoms with Gasteiger partial charge in [-0.1, -0.05) is 45.4 Å². The highest BCUT2D eigenvalue weighted by Crippen LogP contribution is 2.26. The van der Waals surface area contributed by atoms with Gasteiger partial charge in [0.1, 0.15) is 0 Å². The predicted octanol–water partition coefficient (Wildman–Crippen LogP) is 3.97. The third-order valence-electron chi connectivity index (χ3n) is 5.03. The molecule has 0 amide bonds. The number of anilines is 1. The topological polar surface area (TPSA) is 62.5 Å². The van der Waals surface area contributed by atoms with Gasteiger partial charge in [0.2, 0.25) is 5.82 Å². The molecule has 6 nitrogen and oxygen atoms in total. The normalized spacial score (nSPS) is 14.2. The standard InChI is InChI=1S/C23H26N4O2/c1-18(7-8-19-9-11-20(12-10-19)23(2,3)4)25-14-16-26(17-15-25)22-21(27(28)29)6-5-13-24-22/h5-6,9-13H,1,14-17H2,2-4H3. The number of aromatic nitrogens is 1. The van der Waals surface area contributed by atoms with Crippen LogP contribution in [-0.4, -0.2) is 41.0 Å². The van der Waals surface area contributed by atoms with Crippen LogP contribution < -0.4 is 4.90 Å². The lowest BCUT2D eigenvalue weighted by atomic mass is 9.87. The third kappa shape index (κ3) is 4.94. The second-order valence-corrected chi connectivity index (χ2v) is 8.10. The Morgan fingerprint density at radius 1 is 1.14 bits per heavy atom. The summed E-state index contributed by atoms with van der Waals surface area (Å²) in [5.41, 5.74) is 3.17. The van der Waals surface area contributed by atoms with Gasteiger partial charge in [0.15, 0.2) is 0 Å². The average Bonchev–Trinajstić information content (AvgIpc) is 2.71. The molecule has 6 heteroatoms. The molecule has 0 atom stereocenters. The van der Waals surface area contributed by atoms with Crippen molar-refractivity contribution in [1.29, 1.82) is 0 Å². The maximum atomic E-state index is 11.2. The van der Waals surface area contributed by atoms with Crippen molar-refractivity contribution in [2.45, 2.75) is 26.2 Å². The van der Waals surface area contributed by atoms with Crippen LogP contribution in [0.5, 0.6) is 0 Å². The van der Waals surface area contributed by atoms with E-state index in [0.29, 0.717) is 32.0 Å². The van der Waals surface area contributed by atoms with Gasteiger partial charge in [-0.15, -0.1) is 0 Å². The molecule has 2 heterocycles. The van der Waals surface area contributed by atoms with Crippen molar-refractivity contribution in [3.05, 3.63) is 76.1 Å². The van der Waals surface area contributed by atoms with Gasteiger partial charge in [0.25, 0.3) is 0 Å². The molecule has 1 fully saturated rings. The molecule has 0 N–H and O–H groups in total. The molecule has 1 saturated heterocycles. The fourth-order valence-corrected chi connectivity index (χ4v) is 3.24. The Kier molecular flexibility index (Phi) is 5.88. The molecule has 0 spiro atoms. The molecule has 29 heavy (non-hydrogen) atoms. The van der Waals surface area contributed by atoms with Crippen LogP contribution in [0.2, 0.25) is 0 Å². The minimum absolute atomic E-state index is 0.0401. The lowest BCUT2D eigenvalue weighted by Crippen LogP contribution is -2.46. The van der Waals surface area contributed by atoms with Crippen molar-refractivity contribution in [2.24, 2.45) is 0 Å². The highest BCUT2D eigenvalue weighted by Gasteiger charge is 2.24. The zero-order chi connectivity index (χ0) is 21.0. The first-order valence-corrected chi connectivity index (χ1v) is 9.66. The van der Waals surface area contributed by atoms with Gasteiger partial charge in [0, 0.05) is 44.0 Å². The Hall–Kier alpha value is -3.33. The molecule has 0 aliphatic carbocycles. The van der Waals surface area contributed by atoms with Crippen molar-refractivity contribution in [2.75, 3.05) is 31.1 Å². The molecule has 3 rings (SSSR count). The quantitative estimate of drug-likeness (QED) is 0.451. The Morgan fingerprint density at radius 2 is 1.79 bits per heavy atom. The summed E-state index contributed by atoms with van der Waals surface area (Å²) in [5, 5.41) is 11.2. The first-order chi connectivity index (χ1) is 13.8. The lowest BCUT2D eigenvalue weighted by Gasteiger charge is -2.35. The molecular formula is C23H26N4O2. The fraction of sp³-hybridized carbons (Fsp3) is 0.348. The first-order valence-electron chi connectivity index (χ1n) is 9.66. The summed E-state index contributed by atoms with van der Waals surface area (Å²) in [6, 6.07) is 11.4. The second-order valence-electron chi connectivity index (χ2n) is 8.10. The average molecular weight is 390 g/mol. The Balaban J connectivity index is 1.62. The van der Waals surface area contributed by atoms with Crippen molar-refractivity contribution in [1.82, 2.24) is 9.88 Å². The van der Waals surface area contributed by atoms with E-state index in [-0.39, 0.29) is 16.0 Å². The summed E-state index contributed by atoms with van der Waals surface area (Å²) in [6.07, 6.45) is 1.59. The summed E-state index contributed by atoms with van der Waals surface area (Å²) in [7, 11) is 0. The van der Waals surface area contributed by atoms with E-state index in [9.17, 15) is 10.1 Å². The Bertz CT molecular complexity index is 957. The van der Waals surface area contributed by atoms with Crippen LogP contribution in [0.15, 0.2) is 54.9 Å². The molecule has 0 unspecified atom stereocenters. The molecule has 1 aliphatic heterocycles.